The lowest BCUT2D eigenvalue weighted by molar-refractivity contribution is -0.120. The molecule has 18 heavy (non-hydrogen) atoms. The molecule has 1 aromatic carbocycles. The van der Waals surface area contributed by atoms with E-state index in [1.165, 1.54) is 6.07 Å². The fraction of sp³-hybridized carbons (Fsp3) is 0.462. The number of benzene rings is 1. The zero-order valence-electron chi connectivity index (χ0n) is 9.76. The number of carbonyl (C=O) groups is 1. The number of hydrogen-bond donors (Lipinski definition) is 1. The average molecular weight is 274 g/mol. The number of halogens is 3. The Morgan fingerprint density at radius 1 is 1.39 bits per heavy atom. The Morgan fingerprint density at radius 3 is 2.56 bits per heavy atom. The molecule has 1 unspecified atom stereocenters. The number of carbonyl (C=O) groups excluding carboxylic acids is 1. The topological polar surface area (TPSA) is 29.1 Å². The summed E-state index contributed by atoms with van der Waals surface area (Å²) < 4.78 is 26.6. The van der Waals surface area contributed by atoms with Crippen molar-refractivity contribution in [2.75, 3.05) is 6.54 Å². The molecule has 2 nitrogen and oxygen atoms in total. The molecule has 0 spiro atoms. The summed E-state index contributed by atoms with van der Waals surface area (Å²) >= 11 is 6.02. The van der Waals surface area contributed by atoms with Gasteiger partial charge in [-0.2, -0.15) is 0 Å². The summed E-state index contributed by atoms with van der Waals surface area (Å²) in [7, 11) is 0. The Bertz CT molecular complexity index is 428. The number of amides is 1. The summed E-state index contributed by atoms with van der Waals surface area (Å²) in [5, 5.41) is 2.52. The Balaban J connectivity index is 1.86. The first kappa shape index (κ1) is 13.3. The number of hydrogen-bond acceptors (Lipinski definition) is 1. The summed E-state index contributed by atoms with van der Waals surface area (Å²) in [4.78, 5) is 11.6. The molecule has 5 heteroatoms. The predicted octanol–water partition coefficient (Wildman–Crippen LogP) is 2.64. The number of nitrogens with one attached hydrogen (secondary N) is 1. The Labute approximate surface area is 109 Å². The van der Waals surface area contributed by atoms with Crippen molar-refractivity contribution in [3.63, 3.8) is 0 Å². The van der Waals surface area contributed by atoms with Crippen molar-refractivity contribution in [3.05, 3.63) is 35.4 Å². The average Bonchev–Trinajstić information content (AvgIpc) is 3.15. The molecule has 0 aliphatic heterocycles. The second kappa shape index (κ2) is 5.65. The minimum Gasteiger partial charge on any atom is -0.354 e. The van der Waals surface area contributed by atoms with Crippen molar-refractivity contribution in [1.29, 1.82) is 0 Å². The van der Waals surface area contributed by atoms with Gasteiger partial charge in [0.05, 0.1) is 11.8 Å². The molecule has 0 bridgehead atoms. The Hall–Kier alpha value is -1.16. The fourth-order valence-corrected chi connectivity index (χ4v) is 2.09. The normalized spacial score (nSPS) is 16.4. The van der Waals surface area contributed by atoms with Crippen LogP contribution >= 0.6 is 11.6 Å². The summed E-state index contributed by atoms with van der Waals surface area (Å²) in [5.74, 6) is -1.34. The molecule has 2 rings (SSSR count). The molecule has 1 fully saturated rings. The van der Waals surface area contributed by atoms with E-state index in [9.17, 15) is 13.6 Å². The van der Waals surface area contributed by atoms with Gasteiger partial charge in [-0.1, -0.05) is 6.07 Å². The molecule has 1 saturated carbocycles. The number of rotatable bonds is 5. The van der Waals surface area contributed by atoms with Gasteiger partial charge in [0.15, 0.2) is 0 Å². The molecule has 1 aromatic rings. The van der Waals surface area contributed by atoms with Gasteiger partial charge in [-0.25, -0.2) is 8.78 Å². The zero-order chi connectivity index (χ0) is 13.1. The van der Waals surface area contributed by atoms with Crippen LogP contribution in [0.3, 0.4) is 0 Å². The van der Waals surface area contributed by atoms with Gasteiger partial charge in [-0.3, -0.25) is 4.79 Å². The van der Waals surface area contributed by atoms with E-state index in [0.717, 1.165) is 25.0 Å². The van der Waals surface area contributed by atoms with Gasteiger partial charge in [0.25, 0.3) is 0 Å². The first-order chi connectivity index (χ1) is 8.58. The minimum atomic E-state index is -0.699. The molecule has 1 N–H and O–H groups in total. The van der Waals surface area contributed by atoms with Crippen molar-refractivity contribution < 1.29 is 13.6 Å². The van der Waals surface area contributed by atoms with Crippen LogP contribution in [-0.2, 0) is 11.2 Å². The molecule has 1 aliphatic rings. The van der Waals surface area contributed by atoms with E-state index in [4.69, 9.17) is 11.6 Å². The van der Waals surface area contributed by atoms with Crippen LogP contribution in [0.5, 0.6) is 0 Å². The summed E-state index contributed by atoms with van der Waals surface area (Å²) in [6.07, 6.45) is 1.88. The summed E-state index contributed by atoms with van der Waals surface area (Å²) in [6, 6.07) is 3.55. The van der Waals surface area contributed by atoms with Crippen LogP contribution in [0.15, 0.2) is 18.2 Å². The van der Waals surface area contributed by atoms with Gasteiger partial charge in [0.1, 0.15) is 11.6 Å². The Morgan fingerprint density at radius 2 is 2.00 bits per heavy atom. The SMILES string of the molecule is O=C(Cc1c(F)cccc1F)NCC(Cl)C1CC1. The highest BCUT2D eigenvalue weighted by molar-refractivity contribution is 6.21. The highest BCUT2D eigenvalue weighted by Gasteiger charge is 2.29. The van der Waals surface area contributed by atoms with Crippen LogP contribution in [0.2, 0.25) is 0 Å². The van der Waals surface area contributed by atoms with Gasteiger partial charge in [-0.15, -0.1) is 11.6 Å². The molecule has 1 atom stereocenters. The molecule has 1 aliphatic carbocycles. The van der Waals surface area contributed by atoms with Crippen LogP contribution in [0.4, 0.5) is 8.78 Å². The maximum Gasteiger partial charge on any atom is 0.224 e. The van der Waals surface area contributed by atoms with E-state index < -0.39 is 17.5 Å². The largest absolute Gasteiger partial charge is 0.354 e. The van der Waals surface area contributed by atoms with Crippen molar-refractivity contribution in [2.45, 2.75) is 24.6 Å². The molecule has 0 heterocycles. The van der Waals surface area contributed by atoms with E-state index in [-0.39, 0.29) is 17.4 Å². The number of alkyl halides is 1. The summed E-state index contributed by atoms with van der Waals surface area (Å²) in [5.41, 5.74) is -0.201. The molecule has 98 valence electrons. The molecule has 0 saturated heterocycles. The standard InChI is InChI=1S/C13H14ClF2NO/c14-10(8-4-5-8)7-17-13(18)6-9-11(15)2-1-3-12(9)16/h1-3,8,10H,4-7H2,(H,17,18). The molecular weight excluding hydrogens is 260 g/mol. The zero-order valence-corrected chi connectivity index (χ0v) is 10.5. The maximum atomic E-state index is 13.3. The first-order valence-electron chi connectivity index (χ1n) is 5.91. The second-order valence-corrected chi connectivity index (χ2v) is 5.10. The third-order valence-corrected chi connectivity index (χ3v) is 3.54. The van der Waals surface area contributed by atoms with Gasteiger partial charge < -0.3 is 5.32 Å². The molecule has 0 aromatic heterocycles. The van der Waals surface area contributed by atoms with E-state index in [1.54, 1.807) is 0 Å². The van der Waals surface area contributed by atoms with E-state index >= 15 is 0 Å². The van der Waals surface area contributed by atoms with Gasteiger partial charge in [-0.05, 0) is 30.9 Å². The predicted molar refractivity (Wildman–Crippen MR) is 65.4 cm³/mol. The van der Waals surface area contributed by atoms with E-state index in [0.29, 0.717) is 12.5 Å². The van der Waals surface area contributed by atoms with Crippen molar-refractivity contribution in [1.82, 2.24) is 5.32 Å². The lowest BCUT2D eigenvalue weighted by atomic mass is 10.1. The lowest BCUT2D eigenvalue weighted by Gasteiger charge is -2.10. The lowest BCUT2D eigenvalue weighted by Crippen LogP contribution is -2.32. The minimum absolute atomic E-state index is 0.0839. The van der Waals surface area contributed by atoms with Gasteiger partial charge in [0, 0.05) is 12.1 Å². The highest BCUT2D eigenvalue weighted by Crippen LogP contribution is 2.35. The highest BCUT2D eigenvalue weighted by atomic mass is 35.5. The van der Waals surface area contributed by atoms with Crippen molar-refractivity contribution >= 4 is 17.5 Å². The van der Waals surface area contributed by atoms with Crippen LogP contribution in [-0.4, -0.2) is 17.8 Å². The summed E-state index contributed by atoms with van der Waals surface area (Å²) in [6.45, 7) is 0.348. The van der Waals surface area contributed by atoms with Gasteiger partial charge in [0.2, 0.25) is 5.91 Å². The Kier molecular flexibility index (Phi) is 4.17. The van der Waals surface area contributed by atoms with Crippen LogP contribution in [0.25, 0.3) is 0 Å². The van der Waals surface area contributed by atoms with Crippen LogP contribution in [0, 0.1) is 17.6 Å². The van der Waals surface area contributed by atoms with E-state index in [1.807, 2.05) is 0 Å². The van der Waals surface area contributed by atoms with Crippen LogP contribution < -0.4 is 5.32 Å². The monoisotopic (exact) mass is 273 g/mol. The third-order valence-electron chi connectivity index (χ3n) is 3.03. The maximum absolute atomic E-state index is 13.3. The molecular formula is C13H14ClF2NO. The second-order valence-electron chi connectivity index (χ2n) is 4.53. The molecule has 0 radical (unpaired) electrons. The van der Waals surface area contributed by atoms with Crippen molar-refractivity contribution in [3.8, 4) is 0 Å². The van der Waals surface area contributed by atoms with Crippen LogP contribution in [0.1, 0.15) is 18.4 Å². The molecule has 1 amide bonds. The van der Waals surface area contributed by atoms with Gasteiger partial charge >= 0.3 is 0 Å². The van der Waals surface area contributed by atoms with Crippen molar-refractivity contribution in [2.24, 2.45) is 5.92 Å². The smallest absolute Gasteiger partial charge is 0.224 e. The first-order valence-corrected chi connectivity index (χ1v) is 6.35. The quantitative estimate of drug-likeness (QED) is 0.821. The van der Waals surface area contributed by atoms with E-state index in [2.05, 4.69) is 5.32 Å². The third kappa shape index (κ3) is 3.42. The fourth-order valence-electron chi connectivity index (χ4n) is 1.76.